The average molecular weight is 360 g/mol. The molecule has 0 aromatic heterocycles. The van der Waals surface area contributed by atoms with E-state index in [9.17, 15) is 5.11 Å². The van der Waals surface area contributed by atoms with Crippen LogP contribution in [-0.2, 0) is 0 Å². The van der Waals surface area contributed by atoms with Crippen molar-refractivity contribution < 1.29 is 5.11 Å². The third-order valence-corrected chi connectivity index (χ3v) is 5.35. The quantitative estimate of drug-likeness (QED) is 0.601. The molecular weight excluding hydrogens is 326 g/mol. The second-order valence-electron chi connectivity index (χ2n) is 7.50. The van der Waals surface area contributed by atoms with Crippen molar-refractivity contribution in [2.75, 3.05) is 51.2 Å². The third-order valence-electron chi connectivity index (χ3n) is 5.35. The topological polar surface area (TPSA) is 54.3 Å². The Morgan fingerprint density at radius 2 is 1.92 bits per heavy atom. The van der Waals surface area contributed by atoms with Crippen LogP contribution in [0.4, 0.5) is 5.69 Å². The van der Waals surface area contributed by atoms with E-state index in [1.54, 1.807) is 6.07 Å². The molecule has 2 fully saturated rings. The number of hydrogen-bond donors (Lipinski definition) is 2. The number of aromatic hydroxyl groups is 1. The molecule has 3 rings (SSSR count). The minimum Gasteiger partial charge on any atom is -0.506 e. The normalized spacial score (nSPS) is 18.7. The van der Waals surface area contributed by atoms with E-state index in [4.69, 9.17) is 0 Å². The summed E-state index contributed by atoms with van der Waals surface area (Å²) in [7, 11) is 1.86. The Morgan fingerprint density at radius 3 is 2.50 bits per heavy atom. The predicted octanol–water partition coefficient (Wildman–Crippen LogP) is 1.96. The van der Waals surface area contributed by atoms with Crippen LogP contribution in [0.2, 0.25) is 0 Å². The lowest BCUT2D eigenvalue weighted by Crippen LogP contribution is -2.53. The van der Waals surface area contributed by atoms with E-state index < -0.39 is 0 Å². The molecular formula is C20H33N5O. The molecule has 0 radical (unpaired) electrons. The van der Waals surface area contributed by atoms with Crippen LogP contribution in [-0.4, -0.2) is 79.3 Å². The van der Waals surface area contributed by atoms with E-state index in [-0.39, 0.29) is 0 Å². The van der Waals surface area contributed by atoms with Gasteiger partial charge in [-0.25, -0.2) is 0 Å². The highest BCUT2D eigenvalue weighted by Gasteiger charge is 2.30. The first-order valence-electron chi connectivity index (χ1n) is 9.84. The Kier molecular flexibility index (Phi) is 6.25. The largest absolute Gasteiger partial charge is 0.506 e. The second-order valence-corrected chi connectivity index (χ2v) is 7.50. The zero-order chi connectivity index (χ0) is 18.5. The fourth-order valence-corrected chi connectivity index (χ4v) is 3.79. The maximum Gasteiger partial charge on any atom is 0.193 e. The maximum atomic E-state index is 10.1. The van der Waals surface area contributed by atoms with Gasteiger partial charge in [-0.3, -0.25) is 9.89 Å². The number of hydrogen-bond acceptors (Lipinski definition) is 4. The van der Waals surface area contributed by atoms with Crippen molar-refractivity contribution >= 4 is 11.6 Å². The molecule has 26 heavy (non-hydrogen) atoms. The summed E-state index contributed by atoms with van der Waals surface area (Å²) >= 11 is 0. The van der Waals surface area contributed by atoms with Crippen LogP contribution in [0.5, 0.6) is 5.75 Å². The molecule has 1 aromatic rings. The molecule has 1 saturated carbocycles. The number of phenols is 1. The van der Waals surface area contributed by atoms with Crippen LogP contribution < -0.4 is 10.2 Å². The molecule has 0 bridgehead atoms. The molecule has 1 aliphatic heterocycles. The van der Waals surface area contributed by atoms with Gasteiger partial charge in [-0.05, 0) is 38.8 Å². The number of benzene rings is 1. The molecule has 144 valence electrons. The van der Waals surface area contributed by atoms with Crippen molar-refractivity contribution in [3.63, 3.8) is 0 Å². The molecule has 2 aliphatic rings. The Hall–Kier alpha value is -1.95. The number of rotatable bonds is 6. The molecule has 1 heterocycles. The lowest BCUT2D eigenvalue weighted by atomic mass is 10.2. The van der Waals surface area contributed by atoms with Crippen LogP contribution in [0.3, 0.4) is 0 Å². The van der Waals surface area contributed by atoms with E-state index in [1.165, 1.54) is 12.8 Å². The summed E-state index contributed by atoms with van der Waals surface area (Å²) in [5.41, 5.74) is 0.923. The number of nitrogens with one attached hydrogen (secondary N) is 1. The average Bonchev–Trinajstić information content (AvgIpc) is 3.47. The van der Waals surface area contributed by atoms with Crippen LogP contribution >= 0.6 is 0 Å². The number of guanidine groups is 1. The highest BCUT2D eigenvalue weighted by atomic mass is 16.3. The standard InChI is InChI=1S/C20H33N5O/c1-16(2)25(17-8-9-17)11-10-22-20(21-3)24-14-12-23(13-15-24)18-6-4-5-7-19(18)26/h4-7,16-17,26H,8-15H2,1-3H3,(H,21,22). The van der Waals surface area contributed by atoms with Gasteiger partial charge in [-0.2, -0.15) is 0 Å². The molecule has 6 nitrogen and oxygen atoms in total. The summed E-state index contributed by atoms with van der Waals surface area (Å²) in [5.74, 6) is 1.35. The van der Waals surface area contributed by atoms with Gasteiger partial charge in [0, 0.05) is 58.4 Å². The molecule has 0 amide bonds. The number of piperazine rings is 1. The van der Waals surface area contributed by atoms with E-state index in [2.05, 4.69) is 38.9 Å². The number of para-hydroxylation sites is 2. The van der Waals surface area contributed by atoms with Crippen molar-refractivity contribution in [1.82, 2.24) is 15.1 Å². The summed E-state index contributed by atoms with van der Waals surface area (Å²) in [5, 5.41) is 13.6. The van der Waals surface area contributed by atoms with Crippen molar-refractivity contribution in [1.29, 1.82) is 0 Å². The smallest absolute Gasteiger partial charge is 0.193 e. The molecule has 0 atom stereocenters. The highest BCUT2D eigenvalue weighted by molar-refractivity contribution is 5.80. The fraction of sp³-hybridized carbons (Fsp3) is 0.650. The van der Waals surface area contributed by atoms with Crippen molar-refractivity contribution in [3.05, 3.63) is 24.3 Å². The third kappa shape index (κ3) is 4.61. The molecule has 0 spiro atoms. The first kappa shape index (κ1) is 18.8. The number of aliphatic imine (C=N–C) groups is 1. The molecule has 6 heteroatoms. The van der Waals surface area contributed by atoms with Crippen molar-refractivity contribution in [3.8, 4) is 5.75 Å². The van der Waals surface area contributed by atoms with Crippen LogP contribution in [0.15, 0.2) is 29.3 Å². The van der Waals surface area contributed by atoms with Gasteiger partial charge in [-0.1, -0.05) is 12.1 Å². The number of phenolic OH excluding ortho intramolecular Hbond substituents is 1. The lowest BCUT2D eigenvalue weighted by Gasteiger charge is -2.38. The van der Waals surface area contributed by atoms with Gasteiger partial charge >= 0.3 is 0 Å². The van der Waals surface area contributed by atoms with Gasteiger partial charge in [-0.15, -0.1) is 0 Å². The predicted molar refractivity (Wildman–Crippen MR) is 108 cm³/mol. The summed E-state index contributed by atoms with van der Waals surface area (Å²) < 4.78 is 0. The lowest BCUT2D eigenvalue weighted by molar-refractivity contribution is 0.214. The zero-order valence-electron chi connectivity index (χ0n) is 16.4. The summed E-state index contributed by atoms with van der Waals surface area (Å²) in [6.45, 7) is 10.2. The minimum absolute atomic E-state index is 0.359. The molecule has 1 aromatic carbocycles. The van der Waals surface area contributed by atoms with E-state index in [0.29, 0.717) is 11.8 Å². The highest BCUT2D eigenvalue weighted by Crippen LogP contribution is 2.28. The maximum absolute atomic E-state index is 10.1. The van der Waals surface area contributed by atoms with E-state index >= 15 is 0 Å². The number of nitrogens with zero attached hydrogens (tertiary/aromatic N) is 4. The Balaban J connectivity index is 1.47. The zero-order valence-corrected chi connectivity index (χ0v) is 16.4. The molecule has 0 unspecified atom stereocenters. The van der Waals surface area contributed by atoms with Crippen LogP contribution in [0, 0.1) is 0 Å². The molecule has 1 aliphatic carbocycles. The first-order chi connectivity index (χ1) is 12.6. The van der Waals surface area contributed by atoms with E-state index in [1.807, 2.05) is 25.2 Å². The van der Waals surface area contributed by atoms with Crippen molar-refractivity contribution in [2.24, 2.45) is 4.99 Å². The van der Waals surface area contributed by atoms with Gasteiger partial charge in [0.25, 0.3) is 0 Å². The molecule has 2 N–H and O–H groups in total. The Labute approximate surface area is 157 Å². The molecule has 1 saturated heterocycles. The minimum atomic E-state index is 0.359. The summed E-state index contributed by atoms with van der Waals surface area (Å²) in [4.78, 5) is 11.6. The van der Waals surface area contributed by atoms with Crippen molar-refractivity contribution in [2.45, 2.75) is 38.8 Å². The van der Waals surface area contributed by atoms with Gasteiger partial charge < -0.3 is 20.2 Å². The Morgan fingerprint density at radius 1 is 1.23 bits per heavy atom. The monoisotopic (exact) mass is 359 g/mol. The fourth-order valence-electron chi connectivity index (χ4n) is 3.79. The van der Waals surface area contributed by atoms with Gasteiger partial charge in [0.1, 0.15) is 5.75 Å². The summed E-state index contributed by atoms with van der Waals surface area (Å²) in [6, 6.07) is 8.97. The van der Waals surface area contributed by atoms with Crippen LogP contribution in [0.1, 0.15) is 26.7 Å². The van der Waals surface area contributed by atoms with Gasteiger partial charge in [0.15, 0.2) is 5.96 Å². The SMILES string of the molecule is CN=C(NCCN(C(C)C)C1CC1)N1CCN(c2ccccc2O)CC1. The van der Waals surface area contributed by atoms with Gasteiger partial charge in [0.05, 0.1) is 5.69 Å². The van der Waals surface area contributed by atoms with E-state index in [0.717, 1.165) is 57.0 Å². The Bertz CT molecular complexity index is 604. The second kappa shape index (κ2) is 8.62. The van der Waals surface area contributed by atoms with Crippen LogP contribution in [0.25, 0.3) is 0 Å². The number of anilines is 1. The first-order valence-corrected chi connectivity index (χ1v) is 9.84. The van der Waals surface area contributed by atoms with Gasteiger partial charge in [0.2, 0.25) is 0 Å². The summed E-state index contributed by atoms with van der Waals surface area (Å²) in [6.07, 6.45) is 2.70.